The fourth-order valence-electron chi connectivity index (χ4n) is 11.8. The van der Waals surface area contributed by atoms with Gasteiger partial charge in [-0.15, -0.1) is 0 Å². The molecule has 9 rings (SSSR count). The average molecular weight is 689 g/mol. The number of aromatic nitrogens is 1. The summed E-state index contributed by atoms with van der Waals surface area (Å²) in [6.45, 7) is 7.17. The quantitative estimate of drug-likeness (QED) is 0.150. The van der Waals surface area contributed by atoms with Crippen LogP contribution in [0.1, 0.15) is 121 Å². The van der Waals surface area contributed by atoms with E-state index >= 15 is 0 Å². The van der Waals surface area contributed by atoms with Crippen molar-refractivity contribution in [3.8, 4) is 0 Å². The summed E-state index contributed by atoms with van der Waals surface area (Å²) in [7, 11) is -2.04. The highest BCUT2D eigenvalue weighted by Gasteiger charge is 2.53. The Hall–Kier alpha value is -3.74. The molecular formula is C48H56N2Si. The van der Waals surface area contributed by atoms with Gasteiger partial charge in [0.15, 0.2) is 0 Å². The van der Waals surface area contributed by atoms with Gasteiger partial charge in [-0.1, -0.05) is 111 Å². The zero-order chi connectivity index (χ0) is 34.5. The van der Waals surface area contributed by atoms with Crippen LogP contribution in [0.3, 0.4) is 0 Å². The van der Waals surface area contributed by atoms with Crippen LogP contribution in [0.2, 0.25) is 16.6 Å². The molecule has 1 aliphatic heterocycles. The van der Waals surface area contributed by atoms with E-state index in [1.54, 1.807) is 10.8 Å². The number of rotatable bonds is 8. The monoisotopic (exact) mass is 688 g/mol. The normalized spacial score (nSPS) is 32.7. The fraction of sp³-hybridized carbons (Fsp3) is 0.458. The first kappa shape index (κ1) is 33.1. The molecule has 1 aromatic rings. The Morgan fingerprint density at radius 2 is 1.71 bits per heavy atom. The molecule has 3 heteroatoms. The Balaban J connectivity index is 1.15. The molecule has 0 radical (unpaired) electrons. The predicted molar refractivity (Wildman–Crippen MR) is 218 cm³/mol. The van der Waals surface area contributed by atoms with Gasteiger partial charge in [0.1, 0.15) is 13.4 Å². The van der Waals surface area contributed by atoms with Crippen molar-refractivity contribution in [1.82, 2.24) is 9.47 Å². The number of allylic oxidation sites excluding steroid dienone is 16. The lowest BCUT2D eigenvalue weighted by molar-refractivity contribution is 0.287. The molecule has 0 amide bonds. The van der Waals surface area contributed by atoms with Crippen molar-refractivity contribution in [2.75, 3.05) is 0 Å². The molecule has 8 aliphatic rings. The van der Waals surface area contributed by atoms with Crippen LogP contribution in [-0.2, 0) is 0 Å². The van der Waals surface area contributed by atoms with Crippen LogP contribution >= 0.6 is 0 Å². The summed E-state index contributed by atoms with van der Waals surface area (Å²) in [6, 6.07) is 0.861. The van der Waals surface area contributed by atoms with Crippen molar-refractivity contribution in [2.45, 2.75) is 132 Å². The third-order valence-corrected chi connectivity index (χ3v) is 20.4. The van der Waals surface area contributed by atoms with Crippen molar-refractivity contribution in [2.24, 2.45) is 5.92 Å². The van der Waals surface area contributed by atoms with Crippen molar-refractivity contribution < 1.29 is 0 Å². The number of nitrogens with zero attached hydrogens (tertiary/aromatic N) is 2. The molecule has 0 aromatic carbocycles. The second kappa shape index (κ2) is 13.7. The molecule has 7 aliphatic carbocycles. The predicted octanol–water partition coefficient (Wildman–Crippen LogP) is 11.1. The Morgan fingerprint density at radius 1 is 0.784 bits per heavy atom. The van der Waals surface area contributed by atoms with Crippen LogP contribution in [0.15, 0.2) is 113 Å². The summed E-state index contributed by atoms with van der Waals surface area (Å²) in [6.07, 6.45) is 54.7. The maximum atomic E-state index is 3.84. The first-order valence-electron chi connectivity index (χ1n) is 20.6. The topological polar surface area (TPSA) is 8.17 Å². The molecule has 1 aromatic heterocycles. The van der Waals surface area contributed by atoms with Crippen LogP contribution in [0.25, 0.3) is 17.9 Å². The lowest BCUT2D eigenvalue weighted by Gasteiger charge is -2.51. The van der Waals surface area contributed by atoms with Crippen LogP contribution in [0.4, 0.5) is 0 Å². The highest BCUT2D eigenvalue weighted by atomic mass is 28.3. The molecule has 2 nitrogen and oxygen atoms in total. The van der Waals surface area contributed by atoms with E-state index in [1.807, 2.05) is 0 Å². The fourth-order valence-corrected chi connectivity index (χ4v) is 18.8. The van der Waals surface area contributed by atoms with Gasteiger partial charge in [-0.3, -0.25) is 0 Å². The molecule has 262 valence electrons. The zero-order valence-corrected chi connectivity index (χ0v) is 32.2. The first-order chi connectivity index (χ1) is 25.1. The van der Waals surface area contributed by atoms with Crippen molar-refractivity contribution in [3.05, 3.63) is 135 Å². The van der Waals surface area contributed by atoms with Gasteiger partial charge in [0, 0.05) is 40.1 Å². The van der Waals surface area contributed by atoms with E-state index in [-0.39, 0.29) is 0 Å². The Labute approximate surface area is 307 Å². The van der Waals surface area contributed by atoms with Crippen LogP contribution < -0.4 is 10.6 Å². The van der Waals surface area contributed by atoms with Gasteiger partial charge in [-0.2, -0.15) is 0 Å². The number of hydrogen-bond donors (Lipinski definition) is 0. The molecule has 8 unspecified atom stereocenters. The van der Waals surface area contributed by atoms with Crippen molar-refractivity contribution >= 4 is 26.0 Å². The van der Waals surface area contributed by atoms with Gasteiger partial charge >= 0.3 is 0 Å². The zero-order valence-electron chi connectivity index (χ0n) is 31.2. The second-order valence-corrected chi connectivity index (χ2v) is 21.1. The van der Waals surface area contributed by atoms with Crippen LogP contribution in [-0.4, -0.2) is 23.6 Å². The SMILES string of the molecule is CCC1C2=C(C=CC2)N(C2=C=C=c3c(c4c(n3C3C=CC([Si](C5=CCCC=C5)(C5C=CC=CC5)C5C=CCCC5)CC3)C(C)CC=C4)=C2)C1CC. The van der Waals surface area contributed by atoms with Gasteiger partial charge in [-0.25, -0.2) is 0 Å². The molecule has 51 heavy (non-hydrogen) atoms. The summed E-state index contributed by atoms with van der Waals surface area (Å²) in [5.41, 5.74) is 16.8. The maximum absolute atomic E-state index is 3.84. The van der Waals surface area contributed by atoms with Crippen molar-refractivity contribution in [3.63, 3.8) is 0 Å². The van der Waals surface area contributed by atoms with E-state index < -0.39 is 8.07 Å². The van der Waals surface area contributed by atoms with E-state index in [0.29, 0.717) is 40.5 Å². The smallest absolute Gasteiger partial charge is 0.107 e. The van der Waals surface area contributed by atoms with Crippen LogP contribution in [0, 0.1) is 5.92 Å². The molecule has 0 saturated carbocycles. The van der Waals surface area contributed by atoms with E-state index in [9.17, 15) is 0 Å². The minimum Gasteiger partial charge on any atom is -0.331 e. The van der Waals surface area contributed by atoms with E-state index in [1.165, 1.54) is 91.0 Å². The maximum Gasteiger partial charge on any atom is 0.107 e. The molecule has 0 fully saturated rings. The standard InChI is InChI=1S/C48H56N2Si/c1-4-41-42-24-16-26-46(42)49(45(41)5-2)36-29-32-47-44(33-36)43-25-15-17-34(3)48(43)50(47)35-27-30-40(31-28-35)51(37-18-9-6-10-19-37,38-20-11-7-12-21-38)39-22-13-8-14-23-39/h6,9-11,13,15-16,18,20-22,25-27,30,33-35,37,39-41,45H,4-5,7-8,12,14,17,19,23-24,28,31H2,1-3H3. The second-order valence-electron chi connectivity index (χ2n) is 16.5. The lowest BCUT2D eigenvalue weighted by atomic mass is 9.89. The minimum absolute atomic E-state index is 0.356. The van der Waals surface area contributed by atoms with E-state index in [0.717, 1.165) is 19.3 Å². The number of hydrogen-bond acceptors (Lipinski definition) is 1. The lowest BCUT2D eigenvalue weighted by Crippen LogP contribution is -2.51. The molecular weight excluding hydrogens is 633 g/mol. The molecule has 0 bridgehead atoms. The third-order valence-electron chi connectivity index (χ3n) is 14.0. The summed E-state index contributed by atoms with van der Waals surface area (Å²) in [5, 5.41) is 4.36. The third kappa shape index (κ3) is 5.26. The first-order valence-corrected chi connectivity index (χ1v) is 22.8. The highest BCUT2D eigenvalue weighted by molar-refractivity contribution is 6.92. The molecule has 0 saturated heterocycles. The summed E-state index contributed by atoms with van der Waals surface area (Å²) < 4.78 is 2.72. The minimum atomic E-state index is -2.04. The van der Waals surface area contributed by atoms with E-state index in [4.69, 9.17) is 0 Å². The van der Waals surface area contributed by atoms with Gasteiger partial charge in [0.25, 0.3) is 0 Å². The molecule has 0 spiro atoms. The number of fused-ring (bicyclic) bond motifs is 3. The van der Waals surface area contributed by atoms with Gasteiger partial charge in [0.2, 0.25) is 0 Å². The van der Waals surface area contributed by atoms with E-state index in [2.05, 4.69) is 139 Å². The van der Waals surface area contributed by atoms with Gasteiger partial charge in [0.05, 0.1) is 11.7 Å². The molecule has 0 N–H and O–H groups in total. The average Bonchev–Trinajstić information content (AvgIpc) is 3.88. The molecule has 2 heterocycles. The summed E-state index contributed by atoms with van der Waals surface area (Å²) in [4.78, 5) is 2.63. The van der Waals surface area contributed by atoms with Gasteiger partial charge in [-0.05, 0) is 123 Å². The summed E-state index contributed by atoms with van der Waals surface area (Å²) in [5.74, 6) is 1.12. The van der Waals surface area contributed by atoms with Crippen LogP contribution in [0.5, 0.6) is 0 Å². The highest BCUT2D eigenvalue weighted by Crippen LogP contribution is 2.57. The van der Waals surface area contributed by atoms with Gasteiger partial charge < -0.3 is 9.47 Å². The largest absolute Gasteiger partial charge is 0.331 e. The molecule has 8 atom stereocenters. The Kier molecular flexibility index (Phi) is 8.88. The van der Waals surface area contributed by atoms with Crippen molar-refractivity contribution in [1.29, 1.82) is 0 Å². The Bertz CT molecular complexity index is 2070. The summed E-state index contributed by atoms with van der Waals surface area (Å²) >= 11 is 0. The Morgan fingerprint density at radius 3 is 2.45 bits per heavy atom.